The second-order valence-electron chi connectivity index (χ2n) is 5.86. The number of alkyl halides is 3. The van der Waals surface area contributed by atoms with Crippen molar-refractivity contribution < 1.29 is 23.1 Å². The summed E-state index contributed by atoms with van der Waals surface area (Å²) >= 11 is 6.03. The van der Waals surface area contributed by atoms with Gasteiger partial charge in [-0.25, -0.2) is 4.79 Å². The van der Waals surface area contributed by atoms with E-state index in [2.05, 4.69) is 0 Å². The van der Waals surface area contributed by atoms with Gasteiger partial charge in [0.05, 0.1) is 28.4 Å². The summed E-state index contributed by atoms with van der Waals surface area (Å²) in [6.07, 6.45) is -5.84. The summed E-state index contributed by atoms with van der Waals surface area (Å²) in [6, 6.07) is 0.0910. The van der Waals surface area contributed by atoms with E-state index >= 15 is 0 Å². The molecule has 2 heterocycles. The van der Waals surface area contributed by atoms with Crippen LogP contribution in [-0.2, 0) is 0 Å². The fraction of sp³-hybridized carbons (Fsp3) is 0.467. The first-order chi connectivity index (χ1) is 11.2. The van der Waals surface area contributed by atoms with Crippen LogP contribution in [-0.4, -0.2) is 46.9 Å². The SMILES string of the molecule is Cc1c(N2C(=O)N3CC[C@H](O)C3C2C(F)(F)F)ccc(C#N)c1Cl. The van der Waals surface area contributed by atoms with Gasteiger partial charge in [-0.05, 0) is 31.0 Å². The fourth-order valence-corrected chi connectivity index (χ4v) is 3.63. The number of anilines is 1. The van der Waals surface area contributed by atoms with E-state index in [1.54, 1.807) is 0 Å². The standard InChI is InChI=1S/C15H13ClF3N3O2/c1-7-9(3-2-8(6-20)11(7)16)22-13(15(17,18)19)12-10(23)4-5-21(12)14(22)24/h2-3,10,12-13,23H,4-5H2,1H3/t10-,12?,13?/m0/s1. The maximum Gasteiger partial charge on any atom is 0.411 e. The van der Waals surface area contributed by atoms with E-state index in [0.29, 0.717) is 4.90 Å². The third-order valence-electron chi connectivity index (χ3n) is 4.55. The zero-order chi connectivity index (χ0) is 17.8. The number of nitriles is 1. The Kier molecular flexibility index (Phi) is 3.89. The quantitative estimate of drug-likeness (QED) is 0.838. The topological polar surface area (TPSA) is 67.6 Å². The molecule has 1 N–H and O–H groups in total. The Morgan fingerprint density at radius 3 is 2.67 bits per heavy atom. The van der Waals surface area contributed by atoms with Gasteiger partial charge in [0, 0.05) is 6.54 Å². The number of benzene rings is 1. The number of urea groups is 1. The first-order valence-electron chi connectivity index (χ1n) is 7.22. The molecule has 0 radical (unpaired) electrons. The molecule has 3 rings (SSSR count). The van der Waals surface area contributed by atoms with E-state index in [1.807, 2.05) is 6.07 Å². The Bertz CT molecular complexity index is 747. The molecule has 0 aliphatic carbocycles. The van der Waals surface area contributed by atoms with Crippen LogP contribution in [0.4, 0.5) is 23.7 Å². The van der Waals surface area contributed by atoms with Crippen LogP contribution in [0.2, 0.25) is 5.02 Å². The van der Waals surface area contributed by atoms with Crippen molar-refractivity contribution in [3.05, 3.63) is 28.3 Å². The van der Waals surface area contributed by atoms with Crippen molar-refractivity contribution >= 4 is 23.3 Å². The molecule has 1 aromatic carbocycles. The van der Waals surface area contributed by atoms with Crippen molar-refractivity contribution in [1.29, 1.82) is 5.26 Å². The Hall–Kier alpha value is -1.98. The van der Waals surface area contributed by atoms with E-state index in [1.165, 1.54) is 19.1 Å². The van der Waals surface area contributed by atoms with Crippen molar-refractivity contribution in [2.45, 2.75) is 37.7 Å². The molecule has 2 saturated heterocycles. The third kappa shape index (κ3) is 2.31. The summed E-state index contributed by atoms with van der Waals surface area (Å²) in [5.74, 6) is 0. The van der Waals surface area contributed by atoms with Crippen LogP contribution in [0.3, 0.4) is 0 Å². The summed E-state index contributed by atoms with van der Waals surface area (Å²) in [4.78, 5) is 14.2. The molecular weight excluding hydrogens is 347 g/mol. The van der Waals surface area contributed by atoms with E-state index in [-0.39, 0.29) is 34.8 Å². The van der Waals surface area contributed by atoms with E-state index in [0.717, 1.165) is 4.90 Å². The molecule has 2 unspecified atom stereocenters. The Balaban J connectivity index is 2.14. The summed E-state index contributed by atoms with van der Waals surface area (Å²) < 4.78 is 40.9. The summed E-state index contributed by atoms with van der Waals surface area (Å²) in [7, 11) is 0. The largest absolute Gasteiger partial charge is 0.411 e. The van der Waals surface area contributed by atoms with Crippen LogP contribution in [0.1, 0.15) is 17.5 Å². The maximum absolute atomic E-state index is 13.6. The van der Waals surface area contributed by atoms with Gasteiger partial charge in [0.15, 0.2) is 6.04 Å². The van der Waals surface area contributed by atoms with Crippen LogP contribution >= 0.6 is 11.6 Å². The van der Waals surface area contributed by atoms with Gasteiger partial charge >= 0.3 is 12.2 Å². The van der Waals surface area contributed by atoms with Crippen molar-refractivity contribution in [2.75, 3.05) is 11.4 Å². The lowest BCUT2D eigenvalue weighted by Crippen LogP contribution is -2.51. The lowest BCUT2D eigenvalue weighted by atomic mass is 10.0. The average molecular weight is 360 g/mol. The molecule has 0 spiro atoms. The molecule has 0 saturated carbocycles. The number of carbonyl (C=O) groups excluding carboxylic acids is 1. The molecule has 9 heteroatoms. The highest BCUT2D eigenvalue weighted by Gasteiger charge is 2.62. The van der Waals surface area contributed by atoms with Gasteiger partial charge in [0.2, 0.25) is 0 Å². The molecule has 2 amide bonds. The lowest BCUT2D eigenvalue weighted by molar-refractivity contribution is -0.156. The number of hydrogen-bond acceptors (Lipinski definition) is 3. The molecule has 0 aromatic heterocycles. The number of nitrogens with zero attached hydrogens (tertiary/aromatic N) is 3. The van der Waals surface area contributed by atoms with Gasteiger partial charge in [-0.3, -0.25) is 4.90 Å². The molecule has 24 heavy (non-hydrogen) atoms. The highest BCUT2D eigenvalue weighted by atomic mass is 35.5. The highest BCUT2D eigenvalue weighted by molar-refractivity contribution is 6.33. The van der Waals surface area contributed by atoms with Crippen LogP contribution in [0.25, 0.3) is 0 Å². The number of aliphatic hydroxyl groups is 1. The summed E-state index contributed by atoms with van der Waals surface area (Å²) in [6.45, 7) is 1.52. The van der Waals surface area contributed by atoms with Crippen LogP contribution < -0.4 is 4.90 Å². The van der Waals surface area contributed by atoms with E-state index in [4.69, 9.17) is 16.9 Å². The van der Waals surface area contributed by atoms with Crippen LogP contribution in [0, 0.1) is 18.3 Å². The summed E-state index contributed by atoms with van der Waals surface area (Å²) in [5.41, 5.74) is 0.329. The molecule has 2 aliphatic heterocycles. The number of fused-ring (bicyclic) bond motifs is 1. The van der Waals surface area contributed by atoms with Crippen LogP contribution in [0.5, 0.6) is 0 Å². The van der Waals surface area contributed by atoms with Crippen molar-refractivity contribution in [3.63, 3.8) is 0 Å². The molecule has 2 aliphatic rings. The highest BCUT2D eigenvalue weighted by Crippen LogP contribution is 2.44. The lowest BCUT2D eigenvalue weighted by Gasteiger charge is -2.30. The minimum atomic E-state index is -4.72. The van der Waals surface area contributed by atoms with Gasteiger partial charge in [-0.15, -0.1) is 0 Å². The molecule has 0 bridgehead atoms. The summed E-state index contributed by atoms with van der Waals surface area (Å²) in [5, 5.41) is 18.9. The molecule has 2 fully saturated rings. The molecule has 3 atom stereocenters. The number of amides is 2. The number of rotatable bonds is 1. The monoisotopic (exact) mass is 359 g/mol. The van der Waals surface area contributed by atoms with Gasteiger partial charge in [0.1, 0.15) is 6.07 Å². The van der Waals surface area contributed by atoms with Gasteiger partial charge in [0.25, 0.3) is 0 Å². The molecule has 5 nitrogen and oxygen atoms in total. The Morgan fingerprint density at radius 2 is 2.08 bits per heavy atom. The second kappa shape index (κ2) is 5.53. The van der Waals surface area contributed by atoms with Crippen molar-refractivity contribution in [3.8, 4) is 6.07 Å². The zero-order valence-corrected chi connectivity index (χ0v) is 13.3. The minimum absolute atomic E-state index is 0.00655. The van der Waals surface area contributed by atoms with Crippen molar-refractivity contribution in [1.82, 2.24) is 4.90 Å². The van der Waals surface area contributed by atoms with Gasteiger partial charge in [-0.2, -0.15) is 18.4 Å². The first kappa shape index (κ1) is 16.9. The normalized spacial score (nSPS) is 26.7. The minimum Gasteiger partial charge on any atom is -0.391 e. The number of halogens is 4. The first-order valence-corrected chi connectivity index (χ1v) is 7.60. The number of hydrogen-bond donors (Lipinski definition) is 1. The smallest absolute Gasteiger partial charge is 0.391 e. The fourth-order valence-electron chi connectivity index (χ4n) is 3.43. The average Bonchev–Trinajstić information content (AvgIpc) is 3.01. The number of aliphatic hydroxyl groups excluding tert-OH is 1. The van der Waals surface area contributed by atoms with E-state index in [9.17, 15) is 23.1 Å². The van der Waals surface area contributed by atoms with Crippen LogP contribution in [0.15, 0.2) is 12.1 Å². The molecule has 128 valence electrons. The number of carbonyl (C=O) groups is 1. The molecule has 1 aromatic rings. The van der Waals surface area contributed by atoms with E-state index < -0.39 is 30.4 Å². The predicted octanol–water partition coefficient (Wildman–Crippen LogP) is 2.83. The zero-order valence-electron chi connectivity index (χ0n) is 12.5. The van der Waals surface area contributed by atoms with Gasteiger partial charge in [-0.1, -0.05) is 11.6 Å². The molecular formula is C15H13ClF3N3O2. The predicted molar refractivity (Wildman–Crippen MR) is 79.7 cm³/mol. The Labute approximate surface area is 140 Å². The third-order valence-corrected chi connectivity index (χ3v) is 5.03. The second-order valence-corrected chi connectivity index (χ2v) is 6.24. The van der Waals surface area contributed by atoms with Crippen molar-refractivity contribution in [2.24, 2.45) is 0 Å². The Morgan fingerprint density at radius 1 is 1.42 bits per heavy atom. The maximum atomic E-state index is 13.6. The van der Waals surface area contributed by atoms with Gasteiger partial charge < -0.3 is 10.0 Å².